The van der Waals surface area contributed by atoms with Crippen LogP contribution in [0, 0.1) is 0 Å². The van der Waals surface area contributed by atoms with Gasteiger partial charge in [-0.25, -0.2) is 0 Å². The van der Waals surface area contributed by atoms with E-state index in [-0.39, 0.29) is 11.9 Å². The monoisotopic (exact) mass is 324 g/mol. The third kappa shape index (κ3) is 4.59. The molecule has 1 fully saturated rings. The molecule has 2 aromatic rings. The Balaban J connectivity index is 1.45. The van der Waals surface area contributed by atoms with Crippen LogP contribution in [0.4, 0.5) is 0 Å². The Hall–Kier alpha value is -2.33. The van der Waals surface area contributed by atoms with Gasteiger partial charge in [-0.2, -0.15) is 0 Å². The molecule has 3 rings (SSSR count). The van der Waals surface area contributed by atoms with Crippen LogP contribution in [-0.2, 0) is 17.8 Å². The molecule has 24 heavy (non-hydrogen) atoms. The molecule has 4 heteroatoms. The first kappa shape index (κ1) is 16.5. The number of ether oxygens (including phenoxy) is 1. The zero-order chi connectivity index (χ0) is 16.8. The first-order valence-corrected chi connectivity index (χ1v) is 8.41. The molecule has 0 aliphatic carbocycles. The number of hydrogen-bond donors (Lipinski definition) is 1. The van der Waals surface area contributed by atoms with Crippen LogP contribution in [0.25, 0.3) is 0 Å². The minimum atomic E-state index is 0.0896. The quantitative estimate of drug-likeness (QED) is 0.888. The van der Waals surface area contributed by atoms with Crippen molar-refractivity contribution in [2.75, 3.05) is 20.2 Å². The number of carbonyl (C=O) groups is 1. The minimum absolute atomic E-state index is 0.0896. The Labute approximate surface area is 143 Å². The van der Waals surface area contributed by atoms with E-state index in [1.807, 2.05) is 30.3 Å². The highest BCUT2D eigenvalue weighted by Gasteiger charge is 2.23. The number of rotatable bonds is 6. The molecule has 0 saturated carbocycles. The van der Waals surface area contributed by atoms with Crippen molar-refractivity contribution < 1.29 is 9.53 Å². The second-order valence-electron chi connectivity index (χ2n) is 6.30. The Bertz CT molecular complexity index is 655. The molecular weight excluding hydrogens is 300 g/mol. The number of benzene rings is 2. The third-order valence-corrected chi connectivity index (χ3v) is 4.41. The lowest BCUT2D eigenvalue weighted by atomic mass is 10.1. The second-order valence-corrected chi connectivity index (χ2v) is 6.30. The van der Waals surface area contributed by atoms with E-state index in [0.29, 0.717) is 6.42 Å². The van der Waals surface area contributed by atoms with Crippen molar-refractivity contribution in [3.05, 3.63) is 65.7 Å². The average Bonchev–Trinajstić information content (AvgIpc) is 3.03. The Morgan fingerprint density at radius 2 is 1.88 bits per heavy atom. The first-order chi connectivity index (χ1) is 11.7. The zero-order valence-electron chi connectivity index (χ0n) is 14.1. The second kappa shape index (κ2) is 7.97. The maximum absolute atomic E-state index is 12.2. The van der Waals surface area contributed by atoms with Crippen LogP contribution < -0.4 is 10.1 Å². The predicted octanol–water partition coefficient (Wildman–Crippen LogP) is 2.63. The summed E-state index contributed by atoms with van der Waals surface area (Å²) in [7, 11) is 1.64. The Morgan fingerprint density at radius 1 is 1.12 bits per heavy atom. The first-order valence-electron chi connectivity index (χ1n) is 8.41. The summed E-state index contributed by atoms with van der Waals surface area (Å²) in [6.07, 6.45) is 1.43. The number of nitrogens with zero attached hydrogens (tertiary/aromatic N) is 1. The van der Waals surface area contributed by atoms with E-state index in [0.717, 1.165) is 37.4 Å². The van der Waals surface area contributed by atoms with Crippen molar-refractivity contribution in [1.29, 1.82) is 0 Å². The minimum Gasteiger partial charge on any atom is -0.497 e. The van der Waals surface area contributed by atoms with Crippen molar-refractivity contribution in [3.63, 3.8) is 0 Å². The fourth-order valence-corrected chi connectivity index (χ4v) is 3.14. The van der Waals surface area contributed by atoms with Gasteiger partial charge in [-0.1, -0.05) is 42.5 Å². The standard InChI is InChI=1S/C20H24N2O2/c1-24-19-9-7-16(8-10-19)13-20(23)21-18-11-12-22(15-18)14-17-5-3-2-4-6-17/h2-10,18H,11-15H2,1H3,(H,21,23)/t18-/m0/s1. The molecule has 1 atom stereocenters. The van der Waals surface area contributed by atoms with Gasteiger partial charge in [0, 0.05) is 25.7 Å². The van der Waals surface area contributed by atoms with Gasteiger partial charge in [0.05, 0.1) is 13.5 Å². The molecule has 0 bridgehead atoms. The van der Waals surface area contributed by atoms with Crippen LogP contribution in [0.3, 0.4) is 0 Å². The van der Waals surface area contributed by atoms with Gasteiger partial charge in [-0.05, 0) is 29.7 Å². The summed E-state index contributed by atoms with van der Waals surface area (Å²) in [5.41, 5.74) is 2.33. The maximum atomic E-state index is 12.2. The maximum Gasteiger partial charge on any atom is 0.224 e. The molecule has 1 N–H and O–H groups in total. The summed E-state index contributed by atoms with van der Waals surface area (Å²) < 4.78 is 5.14. The van der Waals surface area contributed by atoms with Gasteiger partial charge in [0.15, 0.2) is 0 Å². The zero-order valence-corrected chi connectivity index (χ0v) is 14.1. The van der Waals surface area contributed by atoms with Crippen LogP contribution in [0.15, 0.2) is 54.6 Å². The van der Waals surface area contributed by atoms with Gasteiger partial charge in [0.1, 0.15) is 5.75 Å². The number of likely N-dealkylation sites (tertiary alicyclic amines) is 1. The van der Waals surface area contributed by atoms with E-state index in [1.54, 1.807) is 7.11 Å². The molecule has 1 aliphatic heterocycles. The molecule has 0 aromatic heterocycles. The van der Waals surface area contributed by atoms with E-state index in [4.69, 9.17) is 4.74 Å². The largest absolute Gasteiger partial charge is 0.497 e. The molecule has 1 saturated heterocycles. The number of nitrogens with one attached hydrogen (secondary N) is 1. The smallest absolute Gasteiger partial charge is 0.224 e. The Morgan fingerprint density at radius 3 is 2.58 bits per heavy atom. The lowest BCUT2D eigenvalue weighted by Crippen LogP contribution is -2.37. The highest BCUT2D eigenvalue weighted by atomic mass is 16.5. The van der Waals surface area contributed by atoms with E-state index < -0.39 is 0 Å². The molecule has 0 unspecified atom stereocenters. The van der Waals surface area contributed by atoms with Crippen LogP contribution in [0.5, 0.6) is 5.75 Å². The van der Waals surface area contributed by atoms with E-state index in [9.17, 15) is 4.79 Å². The Kier molecular flexibility index (Phi) is 5.49. The van der Waals surface area contributed by atoms with Crippen molar-refractivity contribution in [3.8, 4) is 5.75 Å². The van der Waals surface area contributed by atoms with Crippen molar-refractivity contribution in [2.45, 2.75) is 25.4 Å². The third-order valence-electron chi connectivity index (χ3n) is 4.41. The lowest BCUT2D eigenvalue weighted by molar-refractivity contribution is -0.121. The SMILES string of the molecule is COc1ccc(CC(=O)N[C@H]2CCN(Cc3ccccc3)C2)cc1. The molecule has 1 heterocycles. The van der Waals surface area contributed by atoms with Gasteiger partial charge in [-0.3, -0.25) is 9.69 Å². The highest BCUT2D eigenvalue weighted by molar-refractivity contribution is 5.79. The van der Waals surface area contributed by atoms with Gasteiger partial charge < -0.3 is 10.1 Å². The normalized spacial score (nSPS) is 17.6. The molecule has 2 aromatic carbocycles. The summed E-state index contributed by atoms with van der Waals surface area (Å²) in [5, 5.41) is 3.16. The fraction of sp³-hybridized carbons (Fsp3) is 0.350. The van der Waals surface area contributed by atoms with Gasteiger partial charge >= 0.3 is 0 Å². The topological polar surface area (TPSA) is 41.6 Å². The van der Waals surface area contributed by atoms with Crippen molar-refractivity contribution in [1.82, 2.24) is 10.2 Å². The summed E-state index contributed by atoms with van der Waals surface area (Å²) in [6, 6.07) is 18.4. The predicted molar refractivity (Wildman–Crippen MR) is 95.0 cm³/mol. The van der Waals surface area contributed by atoms with Gasteiger partial charge in [0.25, 0.3) is 0 Å². The molecule has 126 valence electrons. The summed E-state index contributed by atoms with van der Waals surface area (Å²) in [5.74, 6) is 0.901. The molecule has 1 aliphatic rings. The molecule has 0 spiro atoms. The number of hydrogen-bond acceptors (Lipinski definition) is 3. The fourth-order valence-electron chi connectivity index (χ4n) is 3.14. The molecule has 0 radical (unpaired) electrons. The van der Waals surface area contributed by atoms with E-state index >= 15 is 0 Å². The summed E-state index contributed by atoms with van der Waals surface area (Å²) in [6.45, 7) is 2.90. The average molecular weight is 324 g/mol. The van der Waals surface area contributed by atoms with Crippen LogP contribution >= 0.6 is 0 Å². The van der Waals surface area contributed by atoms with Crippen LogP contribution in [0.1, 0.15) is 17.5 Å². The van der Waals surface area contributed by atoms with Crippen LogP contribution in [0.2, 0.25) is 0 Å². The number of carbonyl (C=O) groups excluding carboxylic acids is 1. The number of amides is 1. The van der Waals surface area contributed by atoms with Crippen molar-refractivity contribution in [2.24, 2.45) is 0 Å². The summed E-state index contributed by atoms with van der Waals surface area (Å²) in [4.78, 5) is 14.6. The van der Waals surface area contributed by atoms with Crippen LogP contribution in [-0.4, -0.2) is 37.0 Å². The molecule has 4 nitrogen and oxygen atoms in total. The molecular formula is C20H24N2O2. The van der Waals surface area contributed by atoms with Crippen molar-refractivity contribution >= 4 is 5.91 Å². The lowest BCUT2D eigenvalue weighted by Gasteiger charge is -2.17. The highest BCUT2D eigenvalue weighted by Crippen LogP contribution is 2.15. The number of methoxy groups -OCH3 is 1. The van der Waals surface area contributed by atoms with Gasteiger partial charge in [-0.15, -0.1) is 0 Å². The van der Waals surface area contributed by atoms with E-state index in [2.05, 4.69) is 34.5 Å². The van der Waals surface area contributed by atoms with Gasteiger partial charge in [0.2, 0.25) is 5.91 Å². The summed E-state index contributed by atoms with van der Waals surface area (Å²) >= 11 is 0. The molecule has 1 amide bonds. The van der Waals surface area contributed by atoms with E-state index in [1.165, 1.54) is 5.56 Å².